The van der Waals surface area contributed by atoms with Gasteiger partial charge in [0.1, 0.15) is 17.1 Å². The molecule has 2 aromatic rings. The summed E-state index contributed by atoms with van der Waals surface area (Å²) in [6.45, 7) is 5.18. The van der Waals surface area contributed by atoms with Gasteiger partial charge in [0, 0.05) is 5.38 Å². The first-order chi connectivity index (χ1) is 7.70. The molecule has 0 atom stereocenters. The molecular formula is C12H15N2OS+. The van der Waals surface area contributed by atoms with E-state index in [0.29, 0.717) is 0 Å². The monoisotopic (exact) mass is 235 g/mol. The van der Waals surface area contributed by atoms with E-state index < -0.39 is 0 Å². The van der Waals surface area contributed by atoms with Crippen LogP contribution in [-0.2, 0) is 6.54 Å². The molecule has 0 unspecified atom stereocenters. The van der Waals surface area contributed by atoms with Crippen LogP contribution < -0.4 is 9.88 Å². The van der Waals surface area contributed by atoms with Crippen LogP contribution in [0.4, 0.5) is 10.8 Å². The Bertz CT molecular complexity index is 476. The second-order valence-corrected chi connectivity index (χ2v) is 4.46. The van der Waals surface area contributed by atoms with Crippen LogP contribution in [0.1, 0.15) is 12.6 Å². The number of thiazole rings is 1. The number of aromatic nitrogens is 1. The zero-order valence-corrected chi connectivity index (χ0v) is 10.2. The Balaban J connectivity index is 2.23. The second-order valence-electron chi connectivity index (χ2n) is 3.60. The number of aryl methyl sites for hydroxylation is 1. The quantitative estimate of drug-likeness (QED) is 0.634. The molecular weight excluding hydrogens is 220 g/mol. The number of nitrogens with one attached hydrogen (secondary N) is 1. The number of hydrogen-bond acceptors (Lipinski definition) is 3. The van der Waals surface area contributed by atoms with E-state index in [4.69, 9.17) is 0 Å². The molecule has 0 saturated carbocycles. The van der Waals surface area contributed by atoms with E-state index in [-0.39, 0.29) is 5.75 Å². The third-order valence-corrected chi connectivity index (χ3v) is 3.45. The molecule has 84 valence electrons. The van der Waals surface area contributed by atoms with Crippen molar-refractivity contribution in [1.82, 2.24) is 0 Å². The van der Waals surface area contributed by atoms with Gasteiger partial charge < -0.3 is 5.11 Å². The number of hydrogen-bond donors (Lipinski definition) is 2. The Morgan fingerprint density at radius 1 is 1.31 bits per heavy atom. The minimum atomic E-state index is 0.288. The first kappa shape index (κ1) is 11.0. The highest BCUT2D eigenvalue weighted by Crippen LogP contribution is 2.21. The first-order valence-electron chi connectivity index (χ1n) is 5.24. The van der Waals surface area contributed by atoms with E-state index in [1.165, 1.54) is 5.69 Å². The standard InChI is InChI=1S/C12H14N2OS/c1-3-14-9(2)8-16-12(14)13-10-4-6-11(15)7-5-10/h4-8,15H,3H2,1-2H3/p+1. The summed E-state index contributed by atoms with van der Waals surface area (Å²) in [5.41, 5.74) is 2.25. The molecule has 0 aliphatic carbocycles. The SMILES string of the molecule is CC[n+]1c(C)csc1Nc1ccc(O)cc1. The van der Waals surface area contributed by atoms with Crippen molar-refractivity contribution in [2.24, 2.45) is 0 Å². The van der Waals surface area contributed by atoms with Crippen molar-refractivity contribution in [3.05, 3.63) is 35.3 Å². The fourth-order valence-corrected chi connectivity index (χ4v) is 2.57. The van der Waals surface area contributed by atoms with Gasteiger partial charge in [0.25, 0.3) is 0 Å². The number of benzene rings is 1. The van der Waals surface area contributed by atoms with Gasteiger partial charge >= 0.3 is 5.13 Å². The minimum Gasteiger partial charge on any atom is -0.508 e. The largest absolute Gasteiger partial charge is 0.508 e. The van der Waals surface area contributed by atoms with Crippen LogP contribution in [0.3, 0.4) is 0 Å². The lowest BCUT2D eigenvalue weighted by atomic mass is 10.3. The predicted octanol–water partition coefficient (Wildman–Crippen LogP) is 2.81. The Morgan fingerprint density at radius 3 is 2.62 bits per heavy atom. The normalized spacial score (nSPS) is 10.4. The number of anilines is 2. The second kappa shape index (κ2) is 4.53. The number of nitrogens with zero attached hydrogens (tertiary/aromatic N) is 1. The molecule has 1 aromatic carbocycles. The summed E-state index contributed by atoms with van der Waals surface area (Å²) in [5.74, 6) is 0.288. The highest BCUT2D eigenvalue weighted by molar-refractivity contribution is 7.13. The van der Waals surface area contributed by atoms with E-state index in [9.17, 15) is 5.11 Å². The van der Waals surface area contributed by atoms with E-state index in [2.05, 4.69) is 29.1 Å². The Labute approximate surface area is 99.0 Å². The molecule has 0 aliphatic heterocycles. The smallest absolute Gasteiger partial charge is 0.339 e. The molecule has 0 amide bonds. The third kappa shape index (κ3) is 2.17. The van der Waals surface area contributed by atoms with Crippen molar-refractivity contribution in [2.45, 2.75) is 20.4 Å². The van der Waals surface area contributed by atoms with E-state index in [1.807, 2.05) is 12.1 Å². The minimum absolute atomic E-state index is 0.288. The maximum Gasteiger partial charge on any atom is 0.339 e. The summed E-state index contributed by atoms with van der Waals surface area (Å²) in [5, 5.41) is 15.8. The van der Waals surface area contributed by atoms with Gasteiger partial charge in [-0.1, -0.05) is 11.3 Å². The van der Waals surface area contributed by atoms with E-state index >= 15 is 0 Å². The van der Waals surface area contributed by atoms with Crippen molar-refractivity contribution in [1.29, 1.82) is 0 Å². The van der Waals surface area contributed by atoms with Gasteiger partial charge in [0.2, 0.25) is 0 Å². The average molecular weight is 235 g/mol. The Morgan fingerprint density at radius 2 is 2.00 bits per heavy atom. The van der Waals surface area contributed by atoms with Crippen molar-refractivity contribution in [3.63, 3.8) is 0 Å². The maximum absolute atomic E-state index is 9.20. The van der Waals surface area contributed by atoms with Gasteiger partial charge in [-0.2, -0.15) is 0 Å². The van der Waals surface area contributed by atoms with Crippen molar-refractivity contribution in [2.75, 3.05) is 5.32 Å². The number of rotatable bonds is 3. The summed E-state index contributed by atoms with van der Waals surface area (Å²) >= 11 is 1.69. The summed E-state index contributed by atoms with van der Waals surface area (Å²) in [7, 11) is 0. The van der Waals surface area contributed by atoms with Gasteiger partial charge in [-0.15, -0.1) is 0 Å². The Hall–Kier alpha value is -1.55. The highest BCUT2D eigenvalue weighted by Gasteiger charge is 2.13. The van der Waals surface area contributed by atoms with Crippen LogP contribution in [0.5, 0.6) is 5.75 Å². The molecule has 0 fully saturated rings. The van der Waals surface area contributed by atoms with E-state index in [0.717, 1.165) is 17.4 Å². The molecule has 2 rings (SSSR count). The van der Waals surface area contributed by atoms with Gasteiger partial charge in [-0.25, -0.2) is 9.88 Å². The zero-order valence-electron chi connectivity index (χ0n) is 9.40. The first-order valence-corrected chi connectivity index (χ1v) is 6.12. The lowest BCUT2D eigenvalue weighted by Gasteiger charge is -2.00. The Kier molecular flexibility index (Phi) is 3.10. The van der Waals surface area contributed by atoms with Crippen LogP contribution in [0.2, 0.25) is 0 Å². The zero-order chi connectivity index (χ0) is 11.5. The lowest BCUT2D eigenvalue weighted by molar-refractivity contribution is -0.681. The molecule has 0 radical (unpaired) electrons. The van der Waals surface area contributed by atoms with Crippen LogP contribution in [0.15, 0.2) is 29.6 Å². The van der Waals surface area contributed by atoms with Gasteiger partial charge in [-0.3, -0.25) is 0 Å². The summed E-state index contributed by atoms with van der Waals surface area (Å²) in [6.07, 6.45) is 0. The molecule has 0 aliphatic rings. The van der Waals surface area contributed by atoms with Crippen LogP contribution >= 0.6 is 11.3 Å². The summed E-state index contributed by atoms with van der Waals surface area (Å²) in [6, 6.07) is 7.09. The fourth-order valence-electron chi connectivity index (χ4n) is 1.59. The molecule has 1 heterocycles. The van der Waals surface area contributed by atoms with Crippen molar-refractivity contribution < 1.29 is 9.67 Å². The third-order valence-electron chi connectivity index (χ3n) is 2.45. The van der Waals surface area contributed by atoms with Crippen molar-refractivity contribution >= 4 is 22.2 Å². The molecule has 0 saturated heterocycles. The summed E-state index contributed by atoms with van der Waals surface area (Å²) < 4.78 is 2.22. The predicted molar refractivity (Wildman–Crippen MR) is 66.3 cm³/mol. The van der Waals surface area contributed by atoms with E-state index in [1.54, 1.807) is 23.5 Å². The molecule has 16 heavy (non-hydrogen) atoms. The molecule has 3 nitrogen and oxygen atoms in total. The molecule has 2 N–H and O–H groups in total. The molecule has 0 spiro atoms. The maximum atomic E-state index is 9.20. The molecule has 4 heteroatoms. The average Bonchev–Trinajstić information content (AvgIpc) is 2.63. The van der Waals surface area contributed by atoms with Crippen LogP contribution in [0, 0.1) is 6.92 Å². The molecule has 0 bridgehead atoms. The number of phenolic OH excluding ortho intramolecular Hbond substituents is 1. The van der Waals surface area contributed by atoms with Gasteiger partial charge in [0.05, 0.1) is 6.54 Å². The number of aromatic hydroxyl groups is 1. The van der Waals surface area contributed by atoms with Crippen LogP contribution in [-0.4, -0.2) is 5.11 Å². The fraction of sp³-hybridized carbons (Fsp3) is 0.250. The summed E-state index contributed by atoms with van der Waals surface area (Å²) in [4.78, 5) is 0. The number of phenols is 1. The van der Waals surface area contributed by atoms with Gasteiger partial charge in [0.15, 0.2) is 0 Å². The molecule has 1 aromatic heterocycles. The topological polar surface area (TPSA) is 36.1 Å². The van der Waals surface area contributed by atoms with Crippen LogP contribution in [0.25, 0.3) is 0 Å². The highest BCUT2D eigenvalue weighted by atomic mass is 32.1. The lowest BCUT2D eigenvalue weighted by Crippen LogP contribution is -2.35. The van der Waals surface area contributed by atoms with Gasteiger partial charge in [-0.05, 0) is 38.1 Å². The van der Waals surface area contributed by atoms with Crippen molar-refractivity contribution in [3.8, 4) is 5.75 Å².